The second-order valence-corrected chi connectivity index (χ2v) is 8.31. The van der Waals surface area contributed by atoms with Crippen LogP contribution >= 0.6 is 11.3 Å². The molecular weight excluding hydrogens is 352 g/mol. The van der Waals surface area contributed by atoms with Gasteiger partial charge in [-0.3, -0.25) is 0 Å². The summed E-state index contributed by atoms with van der Waals surface area (Å²) in [5, 5.41) is 3.45. The number of aromatic nitrogens is 1. The van der Waals surface area contributed by atoms with E-state index in [4.69, 9.17) is 9.72 Å². The Labute approximate surface area is 165 Å². The lowest BCUT2D eigenvalue weighted by molar-refractivity contribution is 0.249. The van der Waals surface area contributed by atoms with Crippen molar-refractivity contribution in [2.75, 3.05) is 20.1 Å². The van der Waals surface area contributed by atoms with Gasteiger partial charge >= 0.3 is 0 Å². The maximum Gasteiger partial charge on any atom is 0.120 e. The van der Waals surface area contributed by atoms with Crippen molar-refractivity contribution >= 4 is 11.3 Å². The van der Waals surface area contributed by atoms with Crippen LogP contribution in [-0.4, -0.2) is 30.0 Å². The normalized spacial score (nSPS) is 17.7. The summed E-state index contributed by atoms with van der Waals surface area (Å²) in [6, 6.07) is 18.7. The van der Waals surface area contributed by atoms with E-state index in [1.807, 2.05) is 24.3 Å². The molecule has 0 saturated carbocycles. The van der Waals surface area contributed by atoms with E-state index in [0.29, 0.717) is 12.5 Å². The second-order valence-electron chi connectivity index (χ2n) is 7.37. The highest BCUT2D eigenvalue weighted by molar-refractivity contribution is 7.09. The van der Waals surface area contributed by atoms with E-state index in [0.717, 1.165) is 18.7 Å². The molecule has 3 nitrogen and oxygen atoms in total. The van der Waals surface area contributed by atoms with Gasteiger partial charge in [-0.2, -0.15) is 0 Å². The van der Waals surface area contributed by atoms with Crippen LogP contribution in [0.2, 0.25) is 0 Å². The maximum atomic E-state index is 5.96. The number of nitrogens with zero attached hydrogens (tertiary/aromatic N) is 2. The first kappa shape index (κ1) is 18.2. The molecule has 0 unspecified atom stereocenters. The molecule has 0 N–H and O–H groups in total. The fraction of sp³-hybridized carbons (Fsp3) is 0.348. The molecule has 2 heterocycles. The van der Waals surface area contributed by atoms with Gasteiger partial charge in [0.05, 0.1) is 10.7 Å². The summed E-state index contributed by atoms with van der Waals surface area (Å²) in [6.07, 6.45) is 3.40. The van der Waals surface area contributed by atoms with Gasteiger partial charge in [-0.05, 0) is 49.7 Å². The Morgan fingerprint density at radius 3 is 2.81 bits per heavy atom. The lowest BCUT2D eigenvalue weighted by atomic mass is 9.96. The summed E-state index contributed by atoms with van der Waals surface area (Å²) in [7, 11) is 2.21. The molecule has 0 bridgehead atoms. The summed E-state index contributed by atoms with van der Waals surface area (Å²) in [6.45, 7) is 2.94. The van der Waals surface area contributed by atoms with Crippen molar-refractivity contribution in [2.24, 2.45) is 0 Å². The number of rotatable bonds is 6. The van der Waals surface area contributed by atoms with Crippen LogP contribution in [0.4, 0.5) is 0 Å². The van der Waals surface area contributed by atoms with Gasteiger partial charge in [0.15, 0.2) is 0 Å². The molecule has 0 radical (unpaired) electrons. The van der Waals surface area contributed by atoms with Crippen molar-refractivity contribution in [3.63, 3.8) is 0 Å². The first-order valence-electron chi connectivity index (χ1n) is 9.65. The molecule has 2 aromatic carbocycles. The molecule has 1 aromatic heterocycles. The van der Waals surface area contributed by atoms with Crippen LogP contribution in [-0.2, 0) is 13.0 Å². The average Bonchev–Trinajstić information content (AvgIpc) is 3.16. The van der Waals surface area contributed by atoms with Crippen LogP contribution in [0.1, 0.15) is 40.6 Å². The molecule has 4 rings (SSSR count). The fourth-order valence-corrected chi connectivity index (χ4v) is 4.57. The van der Waals surface area contributed by atoms with Gasteiger partial charge < -0.3 is 9.64 Å². The number of piperidine rings is 1. The largest absolute Gasteiger partial charge is 0.489 e. The third-order valence-electron chi connectivity index (χ3n) is 5.11. The molecule has 1 fully saturated rings. The Kier molecular flexibility index (Phi) is 5.85. The first-order chi connectivity index (χ1) is 13.3. The van der Waals surface area contributed by atoms with Gasteiger partial charge in [-0.25, -0.2) is 4.98 Å². The Morgan fingerprint density at radius 2 is 1.96 bits per heavy atom. The molecule has 1 saturated heterocycles. The second kappa shape index (κ2) is 8.68. The Hall–Kier alpha value is -2.17. The minimum absolute atomic E-state index is 0.592. The van der Waals surface area contributed by atoms with E-state index in [-0.39, 0.29) is 0 Å². The summed E-state index contributed by atoms with van der Waals surface area (Å²) in [4.78, 5) is 7.36. The maximum absolute atomic E-state index is 5.96. The standard InChI is InChI=1S/C23H26N2OS/c1-25-12-6-10-20(15-25)22-17-27-23(24-22)14-19-9-5-11-21(13-19)26-16-18-7-3-2-4-8-18/h2-5,7-9,11,13,17,20H,6,10,12,14-16H2,1H3/t20-/m0/s1. The van der Waals surface area contributed by atoms with Gasteiger partial charge in [0, 0.05) is 24.3 Å². The number of hydrogen-bond acceptors (Lipinski definition) is 4. The van der Waals surface area contributed by atoms with Gasteiger partial charge in [-0.15, -0.1) is 11.3 Å². The van der Waals surface area contributed by atoms with Crippen molar-refractivity contribution < 1.29 is 4.74 Å². The van der Waals surface area contributed by atoms with E-state index in [1.54, 1.807) is 11.3 Å². The highest BCUT2D eigenvalue weighted by atomic mass is 32.1. The topological polar surface area (TPSA) is 25.4 Å². The van der Waals surface area contributed by atoms with E-state index >= 15 is 0 Å². The van der Waals surface area contributed by atoms with Gasteiger partial charge in [-0.1, -0.05) is 42.5 Å². The lowest BCUT2D eigenvalue weighted by Gasteiger charge is -2.28. The highest BCUT2D eigenvalue weighted by Crippen LogP contribution is 2.28. The number of ether oxygens (including phenoxy) is 1. The zero-order valence-corrected chi connectivity index (χ0v) is 16.6. The molecule has 4 heteroatoms. The first-order valence-corrected chi connectivity index (χ1v) is 10.5. The molecular formula is C23H26N2OS. The number of hydrogen-bond donors (Lipinski definition) is 0. The molecule has 0 aliphatic carbocycles. The van der Waals surface area contributed by atoms with Crippen LogP contribution in [0.3, 0.4) is 0 Å². The molecule has 1 atom stereocenters. The van der Waals surface area contributed by atoms with E-state index in [1.165, 1.54) is 41.2 Å². The molecule has 3 aromatic rings. The van der Waals surface area contributed by atoms with E-state index in [2.05, 4.69) is 47.7 Å². The smallest absolute Gasteiger partial charge is 0.120 e. The monoisotopic (exact) mass is 378 g/mol. The molecule has 27 heavy (non-hydrogen) atoms. The van der Waals surface area contributed by atoms with Crippen LogP contribution < -0.4 is 4.74 Å². The van der Waals surface area contributed by atoms with E-state index < -0.39 is 0 Å². The number of likely N-dealkylation sites (tertiary alicyclic amines) is 1. The van der Waals surface area contributed by atoms with Crippen LogP contribution in [0.5, 0.6) is 5.75 Å². The van der Waals surface area contributed by atoms with Gasteiger partial charge in [0.1, 0.15) is 12.4 Å². The van der Waals surface area contributed by atoms with Crippen molar-refractivity contribution in [3.8, 4) is 5.75 Å². The van der Waals surface area contributed by atoms with Crippen LogP contribution in [0.15, 0.2) is 60.0 Å². The fourth-order valence-electron chi connectivity index (χ4n) is 3.66. The highest BCUT2D eigenvalue weighted by Gasteiger charge is 2.21. The Morgan fingerprint density at radius 1 is 1.11 bits per heavy atom. The molecule has 1 aliphatic rings. The van der Waals surface area contributed by atoms with E-state index in [9.17, 15) is 0 Å². The number of likely N-dealkylation sites (N-methyl/N-ethyl adjacent to an activating group) is 1. The van der Waals surface area contributed by atoms with Crippen molar-refractivity contribution in [3.05, 3.63) is 81.8 Å². The SMILES string of the molecule is CN1CCC[C@H](c2csc(Cc3cccc(OCc4ccccc4)c3)n2)C1. The predicted molar refractivity (Wildman–Crippen MR) is 112 cm³/mol. The third kappa shape index (κ3) is 4.96. The Balaban J connectivity index is 1.38. The van der Waals surface area contributed by atoms with Gasteiger partial charge in [0.25, 0.3) is 0 Å². The molecule has 1 aliphatic heterocycles. The van der Waals surface area contributed by atoms with Gasteiger partial charge in [0.2, 0.25) is 0 Å². The van der Waals surface area contributed by atoms with Crippen molar-refractivity contribution in [1.29, 1.82) is 0 Å². The minimum atomic E-state index is 0.592. The lowest BCUT2D eigenvalue weighted by Crippen LogP contribution is -2.30. The summed E-state index contributed by atoms with van der Waals surface area (Å²) in [5.41, 5.74) is 3.71. The van der Waals surface area contributed by atoms with Crippen LogP contribution in [0.25, 0.3) is 0 Å². The zero-order valence-electron chi connectivity index (χ0n) is 15.8. The number of thiazole rings is 1. The molecule has 140 valence electrons. The Bertz CT molecular complexity index is 862. The predicted octanol–water partition coefficient (Wildman–Crippen LogP) is 5.12. The summed E-state index contributed by atoms with van der Waals surface area (Å²) >= 11 is 1.78. The van der Waals surface area contributed by atoms with Crippen molar-refractivity contribution in [2.45, 2.75) is 31.8 Å². The zero-order chi connectivity index (χ0) is 18.5. The average molecular weight is 379 g/mol. The summed E-state index contributed by atoms with van der Waals surface area (Å²) in [5.74, 6) is 1.51. The minimum Gasteiger partial charge on any atom is -0.489 e. The molecule has 0 spiro atoms. The third-order valence-corrected chi connectivity index (χ3v) is 5.98. The molecule has 0 amide bonds. The quantitative estimate of drug-likeness (QED) is 0.595. The van der Waals surface area contributed by atoms with Crippen molar-refractivity contribution in [1.82, 2.24) is 9.88 Å². The summed E-state index contributed by atoms with van der Waals surface area (Å²) < 4.78 is 5.96. The number of benzene rings is 2. The van der Waals surface area contributed by atoms with Crippen LogP contribution in [0, 0.1) is 0 Å².